The number of nitrogens with zero attached hydrogens (tertiary/aromatic N) is 2. The van der Waals surface area contributed by atoms with Crippen molar-refractivity contribution in [3.8, 4) is 5.88 Å². The quantitative estimate of drug-likeness (QED) is 0.814. The zero-order chi connectivity index (χ0) is 12.8. The van der Waals surface area contributed by atoms with E-state index in [1.165, 1.54) is 6.33 Å². The van der Waals surface area contributed by atoms with Crippen LogP contribution in [-0.4, -0.2) is 35.1 Å². The van der Waals surface area contributed by atoms with Crippen LogP contribution in [0.15, 0.2) is 12.4 Å². The van der Waals surface area contributed by atoms with E-state index in [0.717, 1.165) is 18.7 Å². The van der Waals surface area contributed by atoms with Gasteiger partial charge < -0.3 is 15.4 Å². The molecule has 1 amide bonds. The van der Waals surface area contributed by atoms with Gasteiger partial charge in [0.25, 0.3) is 0 Å². The number of hydrogen-bond donors (Lipinski definition) is 2. The van der Waals surface area contributed by atoms with E-state index in [-0.39, 0.29) is 11.9 Å². The third-order valence-corrected chi connectivity index (χ3v) is 2.71. The standard InChI is InChI=1S/C12H18N4O2/c1-2-5-18-12-6-10(14-8-15-12)16-9-3-4-11(17)13-7-9/h6,8-9H,2-5,7H2,1H3,(H,13,17)(H,14,15,16). The minimum Gasteiger partial charge on any atom is -0.478 e. The summed E-state index contributed by atoms with van der Waals surface area (Å²) in [4.78, 5) is 19.2. The lowest BCUT2D eigenvalue weighted by molar-refractivity contribution is -0.122. The summed E-state index contributed by atoms with van der Waals surface area (Å²) in [5.41, 5.74) is 0. The van der Waals surface area contributed by atoms with Crippen LogP contribution in [0, 0.1) is 0 Å². The number of carbonyl (C=O) groups is 1. The first-order valence-corrected chi connectivity index (χ1v) is 6.26. The first kappa shape index (κ1) is 12.6. The van der Waals surface area contributed by atoms with Crippen LogP contribution in [0.4, 0.5) is 5.82 Å². The van der Waals surface area contributed by atoms with Gasteiger partial charge in [0.15, 0.2) is 0 Å². The van der Waals surface area contributed by atoms with Crippen LogP contribution in [0.1, 0.15) is 26.2 Å². The van der Waals surface area contributed by atoms with Crippen molar-refractivity contribution in [2.24, 2.45) is 0 Å². The van der Waals surface area contributed by atoms with Gasteiger partial charge in [0, 0.05) is 25.1 Å². The monoisotopic (exact) mass is 250 g/mol. The number of piperidine rings is 1. The van der Waals surface area contributed by atoms with Gasteiger partial charge in [-0.1, -0.05) is 6.92 Å². The average Bonchev–Trinajstić information content (AvgIpc) is 2.40. The molecule has 0 radical (unpaired) electrons. The normalized spacial score (nSPS) is 19.2. The zero-order valence-corrected chi connectivity index (χ0v) is 10.5. The van der Waals surface area contributed by atoms with Gasteiger partial charge in [-0.2, -0.15) is 0 Å². The molecule has 18 heavy (non-hydrogen) atoms. The number of anilines is 1. The summed E-state index contributed by atoms with van der Waals surface area (Å²) in [6.45, 7) is 3.33. The molecule has 1 fully saturated rings. The molecule has 2 heterocycles. The Kier molecular flexibility index (Phi) is 4.33. The molecular formula is C12H18N4O2. The Morgan fingerprint density at radius 1 is 1.56 bits per heavy atom. The van der Waals surface area contributed by atoms with E-state index in [2.05, 4.69) is 20.6 Å². The molecule has 1 aliphatic heterocycles. The minimum absolute atomic E-state index is 0.114. The van der Waals surface area contributed by atoms with Crippen LogP contribution in [0.25, 0.3) is 0 Å². The van der Waals surface area contributed by atoms with Crippen molar-refractivity contribution in [3.05, 3.63) is 12.4 Å². The molecule has 1 atom stereocenters. The number of amides is 1. The van der Waals surface area contributed by atoms with Crippen LogP contribution in [0.5, 0.6) is 5.88 Å². The Hall–Kier alpha value is -1.85. The Bertz CT molecular complexity index is 401. The van der Waals surface area contributed by atoms with E-state index in [0.29, 0.717) is 25.5 Å². The first-order chi connectivity index (χ1) is 8.78. The molecule has 6 heteroatoms. The molecule has 0 aliphatic carbocycles. The van der Waals surface area contributed by atoms with Crippen molar-refractivity contribution in [3.63, 3.8) is 0 Å². The van der Waals surface area contributed by atoms with Crippen molar-refractivity contribution >= 4 is 11.7 Å². The highest BCUT2D eigenvalue weighted by atomic mass is 16.5. The lowest BCUT2D eigenvalue weighted by atomic mass is 10.1. The van der Waals surface area contributed by atoms with E-state index < -0.39 is 0 Å². The molecule has 1 saturated heterocycles. The molecular weight excluding hydrogens is 232 g/mol. The second kappa shape index (κ2) is 6.18. The van der Waals surface area contributed by atoms with Crippen LogP contribution in [0.3, 0.4) is 0 Å². The van der Waals surface area contributed by atoms with Crippen molar-refractivity contribution in [2.75, 3.05) is 18.5 Å². The highest BCUT2D eigenvalue weighted by molar-refractivity contribution is 5.76. The summed E-state index contributed by atoms with van der Waals surface area (Å²) in [5, 5.41) is 6.10. The number of carbonyl (C=O) groups excluding carboxylic acids is 1. The maximum Gasteiger partial charge on any atom is 0.220 e. The second-order valence-electron chi connectivity index (χ2n) is 4.27. The maximum absolute atomic E-state index is 11.0. The van der Waals surface area contributed by atoms with Crippen molar-refractivity contribution in [1.29, 1.82) is 0 Å². The Morgan fingerprint density at radius 2 is 2.44 bits per heavy atom. The topological polar surface area (TPSA) is 76.1 Å². The lowest BCUT2D eigenvalue weighted by Crippen LogP contribution is -2.42. The van der Waals surface area contributed by atoms with E-state index >= 15 is 0 Å². The molecule has 1 aromatic rings. The van der Waals surface area contributed by atoms with E-state index in [4.69, 9.17) is 4.74 Å². The third kappa shape index (κ3) is 3.58. The fraction of sp³-hybridized carbons (Fsp3) is 0.583. The molecule has 1 aliphatic rings. The molecule has 2 N–H and O–H groups in total. The van der Waals surface area contributed by atoms with Crippen LogP contribution >= 0.6 is 0 Å². The van der Waals surface area contributed by atoms with Gasteiger partial charge in [-0.05, 0) is 12.8 Å². The third-order valence-electron chi connectivity index (χ3n) is 2.71. The van der Waals surface area contributed by atoms with Gasteiger partial charge >= 0.3 is 0 Å². The van der Waals surface area contributed by atoms with Crippen LogP contribution < -0.4 is 15.4 Å². The number of hydrogen-bond acceptors (Lipinski definition) is 5. The highest BCUT2D eigenvalue weighted by Crippen LogP contribution is 2.14. The average molecular weight is 250 g/mol. The highest BCUT2D eigenvalue weighted by Gasteiger charge is 2.18. The van der Waals surface area contributed by atoms with Crippen LogP contribution in [0.2, 0.25) is 0 Å². The van der Waals surface area contributed by atoms with Crippen molar-refractivity contribution < 1.29 is 9.53 Å². The SMILES string of the molecule is CCCOc1cc(NC2CCC(=O)NC2)ncn1. The number of nitrogens with one attached hydrogen (secondary N) is 2. The minimum atomic E-state index is 0.114. The summed E-state index contributed by atoms with van der Waals surface area (Å²) in [7, 11) is 0. The molecule has 1 aromatic heterocycles. The lowest BCUT2D eigenvalue weighted by Gasteiger charge is -2.23. The first-order valence-electron chi connectivity index (χ1n) is 6.26. The predicted octanol–water partition coefficient (Wildman–Crippen LogP) is 0.956. The molecule has 0 aromatic carbocycles. The molecule has 0 spiro atoms. The fourth-order valence-corrected chi connectivity index (χ4v) is 1.77. The largest absolute Gasteiger partial charge is 0.478 e. The fourth-order valence-electron chi connectivity index (χ4n) is 1.77. The molecule has 6 nitrogen and oxygen atoms in total. The maximum atomic E-state index is 11.0. The zero-order valence-electron chi connectivity index (χ0n) is 10.5. The van der Waals surface area contributed by atoms with Crippen molar-refractivity contribution in [2.45, 2.75) is 32.2 Å². The van der Waals surface area contributed by atoms with Gasteiger partial charge in [0.05, 0.1) is 6.61 Å². The number of ether oxygens (including phenoxy) is 1. The summed E-state index contributed by atoms with van der Waals surface area (Å²) < 4.78 is 5.44. The predicted molar refractivity (Wildman–Crippen MR) is 67.5 cm³/mol. The van der Waals surface area contributed by atoms with Gasteiger partial charge in [-0.3, -0.25) is 4.79 Å². The molecule has 0 bridgehead atoms. The second-order valence-corrected chi connectivity index (χ2v) is 4.27. The van der Waals surface area contributed by atoms with Crippen LogP contribution in [-0.2, 0) is 4.79 Å². The van der Waals surface area contributed by atoms with Gasteiger partial charge in [0.1, 0.15) is 12.1 Å². The van der Waals surface area contributed by atoms with E-state index in [1.54, 1.807) is 6.07 Å². The summed E-state index contributed by atoms with van der Waals surface area (Å²) >= 11 is 0. The Morgan fingerprint density at radius 3 is 3.17 bits per heavy atom. The molecule has 2 rings (SSSR count). The molecule has 1 unspecified atom stereocenters. The summed E-state index contributed by atoms with van der Waals surface area (Å²) in [6, 6.07) is 2.00. The summed E-state index contributed by atoms with van der Waals surface area (Å²) in [6.07, 6.45) is 3.80. The number of rotatable bonds is 5. The Balaban J connectivity index is 1.90. The van der Waals surface area contributed by atoms with E-state index in [9.17, 15) is 4.79 Å². The molecule has 0 saturated carbocycles. The van der Waals surface area contributed by atoms with Gasteiger partial charge in [0.2, 0.25) is 11.8 Å². The Labute approximate surface area is 106 Å². The smallest absolute Gasteiger partial charge is 0.220 e. The molecule has 98 valence electrons. The number of aromatic nitrogens is 2. The van der Waals surface area contributed by atoms with E-state index in [1.807, 2.05) is 6.92 Å². The van der Waals surface area contributed by atoms with Crippen molar-refractivity contribution in [1.82, 2.24) is 15.3 Å². The van der Waals surface area contributed by atoms with Gasteiger partial charge in [-0.25, -0.2) is 9.97 Å². The van der Waals surface area contributed by atoms with Gasteiger partial charge in [-0.15, -0.1) is 0 Å². The summed E-state index contributed by atoms with van der Waals surface area (Å²) in [5.74, 6) is 1.43.